The summed E-state index contributed by atoms with van der Waals surface area (Å²) in [5, 5.41) is 6.22. The van der Waals surface area contributed by atoms with Gasteiger partial charge in [0.15, 0.2) is 11.5 Å². The number of nitrogens with zero attached hydrogens (tertiary/aromatic N) is 1. The summed E-state index contributed by atoms with van der Waals surface area (Å²) >= 11 is 0. The minimum atomic E-state index is -2.97. The van der Waals surface area contributed by atoms with Crippen LogP contribution in [0.15, 0.2) is 23.3 Å². The highest BCUT2D eigenvalue weighted by Crippen LogP contribution is 2.29. The van der Waals surface area contributed by atoms with Gasteiger partial charge < -0.3 is 14.8 Å². The van der Waals surface area contributed by atoms with Crippen molar-refractivity contribution in [3.05, 3.63) is 23.8 Å². The normalized spacial score (nSPS) is 11.4. The van der Waals surface area contributed by atoms with Crippen molar-refractivity contribution >= 4 is 17.5 Å². The van der Waals surface area contributed by atoms with Gasteiger partial charge in [0.05, 0.1) is 12.8 Å². The summed E-state index contributed by atoms with van der Waals surface area (Å²) in [5.41, 5.74) is 2.96. The van der Waals surface area contributed by atoms with Gasteiger partial charge in [-0.2, -0.15) is 13.9 Å². The fraction of sp³-hybridized carbons (Fsp3) is 0.400. The van der Waals surface area contributed by atoms with E-state index in [0.29, 0.717) is 11.3 Å². The zero-order valence-electron chi connectivity index (χ0n) is 13.7. The van der Waals surface area contributed by atoms with Crippen LogP contribution in [0.1, 0.15) is 26.3 Å². The molecule has 0 saturated carbocycles. The number of methoxy groups -OCH3 is 1. The third-order valence-electron chi connectivity index (χ3n) is 2.75. The van der Waals surface area contributed by atoms with Crippen molar-refractivity contribution < 1.29 is 27.8 Å². The molecular weight excluding hydrogens is 324 g/mol. The molecule has 0 aliphatic heterocycles. The standard InChI is InChI=1S/C15H19F2N3O4/c1-8(2)18-13(21)14(22)20-19-9(3)10-5-6-11(24-15(16)17)12(7-10)23-4/h5-8,15H,1-4H3,(H,18,21)(H,20,22)/b19-9-. The zero-order chi connectivity index (χ0) is 18.3. The maximum atomic E-state index is 12.3. The summed E-state index contributed by atoms with van der Waals surface area (Å²) in [6.07, 6.45) is 0. The van der Waals surface area contributed by atoms with Crippen LogP contribution in [-0.2, 0) is 9.59 Å². The smallest absolute Gasteiger partial charge is 0.387 e. The van der Waals surface area contributed by atoms with Gasteiger partial charge in [0.2, 0.25) is 0 Å². The molecule has 9 heteroatoms. The number of nitrogens with one attached hydrogen (secondary N) is 2. The summed E-state index contributed by atoms with van der Waals surface area (Å²) in [4.78, 5) is 23.0. The Hall–Kier alpha value is -2.71. The van der Waals surface area contributed by atoms with Gasteiger partial charge >= 0.3 is 18.4 Å². The highest BCUT2D eigenvalue weighted by atomic mass is 19.3. The first kappa shape index (κ1) is 19.3. The molecule has 132 valence electrons. The van der Waals surface area contributed by atoms with E-state index in [9.17, 15) is 18.4 Å². The van der Waals surface area contributed by atoms with Crippen LogP contribution in [0.5, 0.6) is 11.5 Å². The molecule has 0 fully saturated rings. The Morgan fingerprint density at radius 1 is 1.17 bits per heavy atom. The Kier molecular flexibility index (Phi) is 7.09. The number of hydrazone groups is 1. The second-order valence-electron chi connectivity index (χ2n) is 5.01. The molecule has 0 spiro atoms. The average Bonchev–Trinajstić information content (AvgIpc) is 2.51. The monoisotopic (exact) mass is 343 g/mol. The lowest BCUT2D eigenvalue weighted by Crippen LogP contribution is -2.41. The lowest BCUT2D eigenvalue weighted by molar-refractivity contribution is -0.139. The maximum Gasteiger partial charge on any atom is 0.387 e. The average molecular weight is 343 g/mol. The van der Waals surface area contributed by atoms with E-state index >= 15 is 0 Å². The predicted molar refractivity (Wildman–Crippen MR) is 83.3 cm³/mol. The third-order valence-corrected chi connectivity index (χ3v) is 2.75. The molecule has 2 amide bonds. The van der Waals surface area contributed by atoms with Crippen molar-refractivity contribution in [1.82, 2.24) is 10.7 Å². The fourth-order valence-corrected chi connectivity index (χ4v) is 1.66. The minimum Gasteiger partial charge on any atom is -0.493 e. The highest BCUT2D eigenvalue weighted by molar-refractivity contribution is 6.35. The van der Waals surface area contributed by atoms with E-state index in [-0.39, 0.29) is 17.5 Å². The summed E-state index contributed by atoms with van der Waals surface area (Å²) in [5.74, 6) is -1.75. The largest absolute Gasteiger partial charge is 0.493 e. The number of benzene rings is 1. The zero-order valence-corrected chi connectivity index (χ0v) is 13.7. The van der Waals surface area contributed by atoms with Crippen molar-refractivity contribution in [3.8, 4) is 11.5 Å². The first-order valence-electron chi connectivity index (χ1n) is 7.03. The Balaban J connectivity index is 2.85. The highest BCUT2D eigenvalue weighted by Gasteiger charge is 2.15. The van der Waals surface area contributed by atoms with Crippen LogP contribution in [0.2, 0.25) is 0 Å². The van der Waals surface area contributed by atoms with Gasteiger partial charge in [-0.05, 0) is 39.0 Å². The molecule has 0 heterocycles. The third kappa shape index (κ3) is 5.82. The van der Waals surface area contributed by atoms with Crippen LogP contribution in [0.25, 0.3) is 0 Å². The SMILES string of the molecule is COc1cc(/C(C)=N\NC(=O)C(=O)NC(C)C)ccc1OC(F)F. The first-order valence-corrected chi connectivity index (χ1v) is 7.03. The van der Waals surface area contributed by atoms with Crippen molar-refractivity contribution in [2.75, 3.05) is 7.11 Å². The number of carbonyl (C=O) groups excluding carboxylic acids is 2. The van der Waals surface area contributed by atoms with Crippen molar-refractivity contribution in [3.63, 3.8) is 0 Å². The van der Waals surface area contributed by atoms with E-state index < -0.39 is 18.4 Å². The van der Waals surface area contributed by atoms with Crippen LogP contribution < -0.4 is 20.2 Å². The van der Waals surface area contributed by atoms with Gasteiger partial charge in [-0.15, -0.1) is 0 Å². The molecule has 0 unspecified atom stereocenters. The summed E-state index contributed by atoms with van der Waals surface area (Å²) in [7, 11) is 1.31. The molecule has 0 saturated heterocycles. The van der Waals surface area contributed by atoms with Crippen molar-refractivity contribution in [1.29, 1.82) is 0 Å². The molecule has 24 heavy (non-hydrogen) atoms. The van der Waals surface area contributed by atoms with Crippen molar-refractivity contribution in [2.24, 2.45) is 5.10 Å². The molecule has 1 aromatic carbocycles. The predicted octanol–water partition coefficient (Wildman–Crippen LogP) is 1.66. The topological polar surface area (TPSA) is 89.0 Å². The lowest BCUT2D eigenvalue weighted by Gasteiger charge is -2.11. The number of hydrogen-bond donors (Lipinski definition) is 2. The van der Waals surface area contributed by atoms with Crippen LogP contribution in [-0.4, -0.2) is 37.3 Å². The van der Waals surface area contributed by atoms with Gasteiger partial charge in [0.25, 0.3) is 0 Å². The Labute approximate surface area is 138 Å². The van der Waals surface area contributed by atoms with E-state index in [1.807, 2.05) is 0 Å². The van der Waals surface area contributed by atoms with Gasteiger partial charge in [-0.25, -0.2) is 5.43 Å². The quantitative estimate of drug-likeness (QED) is 0.467. The van der Waals surface area contributed by atoms with Gasteiger partial charge in [-0.1, -0.05) is 0 Å². The lowest BCUT2D eigenvalue weighted by atomic mass is 10.1. The molecule has 0 aliphatic carbocycles. The van der Waals surface area contributed by atoms with Gasteiger partial charge in [0, 0.05) is 11.6 Å². The number of halogens is 2. The number of alkyl halides is 2. The molecule has 7 nitrogen and oxygen atoms in total. The molecular formula is C15H19F2N3O4. The fourth-order valence-electron chi connectivity index (χ4n) is 1.66. The van der Waals surface area contributed by atoms with Crippen molar-refractivity contribution in [2.45, 2.75) is 33.4 Å². The van der Waals surface area contributed by atoms with Crippen LogP contribution in [0, 0.1) is 0 Å². The second-order valence-corrected chi connectivity index (χ2v) is 5.01. The molecule has 2 N–H and O–H groups in total. The molecule has 1 aromatic rings. The van der Waals surface area contributed by atoms with E-state index in [4.69, 9.17) is 4.74 Å². The number of ether oxygens (including phenoxy) is 2. The van der Waals surface area contributed by atoms with Crippen LogP contribution in [0.4, 0.5) is 8.78 Å². The van der Waals surface area contributed by atoms with Gasteiger partial charge in [-0.3, -0.25) is 9.59 Å². The van der Waals surface area contributed by atoms with E-state index in [2.05, 4.69) is 20.6 Å². The van der Waals surface area contributed by atoms with Gasteiger partial charge in [0.1, 0.15) is 0 Å². The Bertz CT molecular complexity index is 633. The molecule has 1 rings (SSSR count). The van der Waals surface area contributed by atoms with Crippen LogP contribution >= 0.6 is 0 Å². The van der Waals surface area contributed by atoms with E-state index in [1.54, 1.807) is 20.8 Å². The summed E-state index contributed by atoms with van der Waals surface area (Å²) < 4.78 is 33.9. The number of hydrogen-bond acceptors (Lipinski definition) is 5. The first-order chi connectivity index (χ1) is 11.2. The van der Waals surface area contributed by atoms with E-state index in [0.717, 1.165) is 0 Å². The summed E-state index contributed by atoms with van der Waals surface area (Å²) in [6, 6.07) is 4.02. The maximum absolute atomic E-state index is 12.3. The Morgan fingerprint density at radius 3 is 2.38 bits per heavy atom. The molecule has 0 aliphatic rings. The molecule has 0 atom stereocenters. The Morgan fingerprint density at radius 2 is 1.83 bits per heavy atom. The second kappa shape index (κ2) is 8.80. The molecule has 0 bridgehead atoms. The number of amides is 2. The number of carbonyl (C=O) groups is 2. The molecule has 0 aromatic heterocycles. The summed E-state index contributed by atoms with van der Waals surface area (Å²) in [6.45, 7) is 2.03. The number of rotatable bonds is 6. The van der Waals surface area contributed by atoms with Crippen LogP contribution in [0.3, 0.4) is 0 Å². The minimum absolute atomic E-state index is 0.0891. The molecule has 0 radical (unpaired) electrons. The van der Waals surface area contributed by atoms with E-state index in [1.165, 1.54) is 25.3 Å².